The van der Waals surface area contributed by atoms with E-state index in [9.17, 15) is 4.79 Å². The number of ether oxygens (including phenoxy) is 2. The molecule has 0 amide bonds. The van der Waals surface area contributed by atoms with Crippen molar-refractivity contribution in [3.05, 3.63) is 29.8 Å². The van der Waals surface area contributed by atoms with Crippen LogP contribution in [0.15, 0.2) is 24.3 Å². The van der Waals surface area contributed by atoms with E-state index in [1.165, 1.54) is 6.92 Å². The van der Waals surface area contributed by atoms with Crippen molar-refractivity contribution in [2.75, 3.05) is 12.5 Å². The van der Waals surface area contributed by atoms with Gasteiger partial charge in [0.2, 0.25) is 0 Å². The molecule has 22 heavy (non-hydrogen) atoms. The molecule has 0 aromatic heterocycles. The SMILES string of the molecule is CC(=O)OCCC(C)(C)c1ccccc1OCSSC(C)C. The molecule has 1 rings (SSSR count). The van der Waals surface area contributed by atoms with E-state index in [1.807, 2.05) is 29.0 Å². The van der Waals surface area contributed by atoms with E-state index in [0.717, 1.165) is 17.7 Å². The minimum Gasteiger partial charge on any atom is -0.482 e. The van der Waals surface area contributed by atoms with Crippen LogP contribution in [0.2, 0.25) is 0 Å². The summed E-state index contributed by atoms with van der Waals surface area (Å²) < 4.78 is 11.0. The van der Waals surface area contributed by atoms with Crippen LogP contribution in [0.1, 0.15) is 46.6 Å². The minimum absolute atomic E-state index is 0.109. The Morgan fingerprint density at radius 3 is 2.59 bits per heavy atom. The molecule has 124 valence electrons. The Balaban J connectivity index is 2.66. The second-order valence-electron chi connectivity index (χ2n) is 6.00. The molecule has 0 spiro atoms. The minimum atomic E-state index is -0.234. The summed E-state index contributed by atoms with van der Waals surface area (Å²) in [5.74, 6) is 1.30. The molecule has 1 aromatic carbocycles. The van der Waals surface area contributed by atoms with E-state index in [4.69, 9.17) is 9.47 Å². The first-order valence-electron chi connectivity index (χ1n) is 7.47. The first-order chi connectivity index (χ1) is 10.3. The third kappa shape index (κ3) is 6.97. The fourth-order valence-electron chi connectivity index (χ4n) is 1.99. The Kier molecular flexibility index (Phi) is 8.18. The van der Waals surface area contributed by atoms with Gasteiger partial charge in [-0.15, -0.1) is 0 Å². The molecule has 0 aliphatic heterocycles. The maximum absolute atomic E-state index is 10.9. The van der Waals surface area contributed by atoms with Crippen LogP contribution < -0.4 is 4.74 Å². The van der Waals surface area contributed by atoms with Crippen LogP contribution in [-0.2, 0) is 14.9 Å². The van der Waals surface area contributed by atoms with E-state index in [2.05, 4.69) is 33.8 Å². The molecule has 0 aliphatic rings. The lowest BCUT2D eigenvalue weighted by atomic mass is 9.81. The average Bonchev–Trinajstić information content (AvgIpc) is 2.43. The predicted molar refractivity (Wildman–Crippen MR) is 96.5 cm³/mol. The van der Waals surface area contributed by atoms with Crippen molar-refractivity contribution < 1.29 is 14.3 Å². The van der Waals surface area contributed by atoms with E-state index >= 15 is 0 Å². The average molecular weight is 343 g/mol. The Labute approximate surface area is 141 Å². The van der Waals surface area contributed by atoms with E-state index in [0.29, 0.717) is 17.8 Å². The zero-order valence-corrected chi connectivity index (χ0v) is 15.7. The fourth-order valence-corrected chi connectivity index (χ4v) is 3.62. The van der Waals surface area contributed by atoms with Crippen LogP contribution in [0, 0.1) is 0 Å². The second kappa shape index (κ2) is 9.36. The highest BCUT2D eigenvalue weighted by Crippen LogP contribution is 2.35. The predicted octanol–water partition coefficient (Wildman–Crippen LogP) is 5.04. The van der Waals surface area contributed by atoms with Crippen molar-refractivity contribution >= 4 is 27.6 Å². The number of carbonyl (C=O) groups excluding carboxylic acids is 1. The van der Waals surface area contributed by atoms with Gasteiger partial charge in [-0.25, -0.2) is 0 Å². The molecule has 0 aliphatic carbocycles. The third-order valence-electron chi connectivity index (χ3n) is 3.17. The Morgan fingerprint density at radius 1 is 1.27 bits per heavy atom. The molecule has 0 bridgehead atoms. The molecule has 1 aromatic rings. The van der Waals surface area contributed by atoms with Crippen molar-refractivity contribution in [1.82, 2.24) is 0 Å². The van der Waals surface area contributed by atoms with Gasteiger partial charge in [0.25, 0.3) is 0 Å². The lowest BCUT2D eigenvalue weighted by Gasteiger charge is -2.27. The van der Waals surface area contributed by atoms with Gasteiger partial charge in [-0.05, 0) is 23.5 Å². The molecule has 0 atom stereocenters. The smallest absolute Gasteiger partial charge is 0.302 e. The Hall–Kier alpha value is -0.810. The molecule has 0 heterocycles. The van der Waals surface area contributed by atoms with Crippen LogP contribution in [0.3, 0.4) is 0 Å². The van der Waals surface area contributed by atoms with Gasteiger partial charge in [0.1, 0.15) is 11.7 Å². The number of para-hydroxylation sites is 1. The number of benzene rings is 1. The summed E-state index contributed by atoms with van der Waals surface area (Å²) in [6, 6.07) is 8.10. The number of hydrogen-bond acceptors (Lipinski definition) is 5. The Bertz CT molecular complexity index is 473. The normalized spacial score (nSPS) is 11.5. The van der Waals surface area contributed by atoms with Gasteiger partial charge < -0.3 is 9.47 Å². The summed E-state index contributed by atoms with van der Waals surface area (Å²) >= 11 is 0. The summed E-state index contributed by atoms with van der Waals surface area (Å²) in [6.07, 6.45) is 0.765. The summed E-state index contributed by atoms with van der Waals surface area (Å²) in [7, 11) is 3.54. The zero-order valence-electron chi connectivity index (χ0n) is 14.0. The quantitative estimate of drug-likeness (QED) is 0.272. The highest BCUT2D eigenvalue weighted by Gasteiger charge is 2.24. The van der Waals surface area contributed by atoms with Gasteiger partial charge >= 0.3 is 5.97 Å². The molecule has 0 saturated carbocycles. The molecule has 5 heteroatoms. The standard InChI is InChI=1S/C17H26O3S2/c1-13(2)22-21-12-20-16-9-7-6-8-15(16)17(4,5)10-11-19-14(3)18/h6-9,13H,10-12H2,1-5H3. The van der Waals surface area contributed by atoms with E-state index in [-0.39, 0.29) is 11.4 Å². The van der Waals surface area contributed by atoms with Crippen LogP contribution in [0.25, 0.3) is 0 Å². The number of rotatable bonds is 9. The lowest BCUT2D eigenvalue weighted by molar-refractivity contribution is -0.141. The molecule has 0 unspecified atom stereocenters. The van der Waals surface area contributed by atoms with Crippen LogP contribution >= 0.6 is 21.6 Å². The number of carbonyl (C=O) groups is 1. The monoisotopic (exact) mass is 342 g/mol. The largest absolute Gasteiger partial charge is 0.482 e. The highest BCUT2D eigenvalue weighted by molar-refractivity contribution is 8.76. The van der Waals surface area contributed by atoms with Gasteiger partial charge in [0, 0.05) is 12.2 Å². The maximum Gasteiger partial charge on any atom is 0.302 e. The fraction of sp³-hybridized carbons (Fsp3) is 0.588. The first kappa shape index (κ1) is 19.2. The van der Waals surface area contributed by atoms with Crippen molar-refractivity contribution in [2.45, 2.75) is 51.7 Å². The topological polar surface area (TPSA) is 35.5 Å². The van der Waals surface area contributed by atoms with Crippen molar-refractivity contribution in [3.63, 3.8) is 0 Å². The number of hydrogen-bond donors (Lipinski definition) is 0. The molecular weight excluding hydrogens is 316 g/mol. The summed E-state index contributed by atoms with van der Waals surface area (Å²) in [5.41, 5.74) is 1.04. The van der Waals surface area contributed by atoms with Crippen molar-refractivity contribution in [1.29, 1.82) is 0 Å². The number of esters is 1. The summed E-state index contributed by atoms with van der Waals surface area (Å²) in [4.78, 5) is 10.9. The molecule has 0 saturated heterocycles. The summed E-state index contributed by atoms with van der Waals surface area (Å²) in [6.45, 7) is 10.5. The third-order valence-corrected chi connectivity index (χ3v) is 5.76. The molecule has 0 fully saturated rings. The first-order valence-corrected chi connectivity index (χ1v) is 9.85. The van der Waals surface area contributed by atoms with Gasteiger partial charge in [-0.2, -0.15) is 0 Å². The molecule has 0 N–H and O–H groups in total. The van der Waals surface area contributed by atoms with Gasteiger partial charge in [0.15, 0.2) is 0 Å². The van der Waals surface area contributed by atoms with Crippen LogP contribution in [0.4, 0.5) is 0 Å². The highest BCUT2D eigenvalue weighted by atomic mass is 33.1. The molecule has 0 radical (unpaired) electrons. The van der Waals surface area contributed by atoms with Crippen molar-refractivity contribution in [2.24, 2.45) is 0 Å². The van der Waals surface area contributed by atoms with E-state index in [1.54, 1.807) is 10.8 Å². The van der Waals surface area contributed by atoms with Gasteiger partial charge in [-0.1, -0.05) is 67.5 Å². The van der Waals surface area contributed by atoms with Gasteiger partial charge in [-0.3, -0.25) is 4.79 Å². The molecule has 3 nitrogen and oxygen atoms in total. The van der Waals surface area contributed by atoms with Crippen LogP contribution in [-0.4, -0.2) is 23.8 Å². The lowest BCUT2D eigenvalue weighted by Crippen LogP contribution is -2.21. The summed E-state index contributed by atoms with van der Waals surface area (Å²) in [5, 5.41) is 0.587. The van der Waals surface area contributed by atoms with E-state index < -0.39 is 0 Å². The zero-order chi connectivity index (χ0) is 16.6. The van der Waals surface area contributed by atoms with Crippen molar-refractivity contribution in [3.8, 4) is 5.75 Å². The second-order valence-corrected chi connectivity index (χ2v) is 8.89. The van der Waals surface area contributed by atoms with Crippen LogP contribution in [0.5, 0.6) is 5.75 Å². The molecular formula is C17H26O3S2. The Morgan fingerprint density at radius 2 is 1.95 bits per heavy atom. The van der Waals surface area contributed by atoms with Gasteiger partial charge in [0.05, 0.1) is 6.61 Å². The maximum atomic E-state index is 10.9.